The lowest BCUT2D eigenvalue weighted by Crippen LogP contribution is -2.37. The highest BCUT2D eigenvalue weighted by molar-refractivity contribution is 7.89. The number of rotatable bonds is 7. The fourth-order valence-electron chi connectivity index (χ4n) is 2.64. The zero-order chi connectivity index (χ0) is 17.0. The van der Waals surface area contributed by atoms with Gasteiger partial charge in [0.25, 0.3) is 0 Å². The van der Waals surface area contributed by atoms with E-state index in [2.05, 4.69) is 4.98 Å². The van der Waals surface area contributed by atoms with Crippen LogP contribution in [-0.2, 0) is 16.4 Å². The van der Waals surface area contributed by atoms with Gasteiger partial charge >= 0.3 is 0 Å². The highest BCUT2D eigenvalue weighted by atomic mass is 32.2. The molecule has 2 N–H and O–H groups in total. The standard InChI is InChI=1S/C17H19N3O2S2/c18-8-11-20(10-7-15-4-2-12-23-15)24(21,22)17-5-1-3-14-13-19-9-6-16(14)17/h1-6,9,12-13H,7-8,10-11,18H2. The number of nitrogens with two attached hydrogens (primary N) is 1. The first-order valence-corrected chi connectivity index (χ1v) is 10.0. The van der Waals surface area contributed by atoms with Crippen LogP contribution in [-0.4, -0.2) is 37.3 Å². The van der Waals surface area contributed by atoms with Crippen molar-refractivity contribution in [2.75, 3.05) is 19.6 Å². The molecule has 2 aromatic heterocycles. The minimum absolute atomic E-state index is 0.288. The summed E-state index contributed by atoms with van der Waals surface area (Å²) in [7, 11) is -3.61. The van der Waals surface area contributed by atoms with Crippen LogP contribution in [0.15, 0.2) is 59.1 Å². The number of thiophene rings is 1. The Morgan fingerprint density at radius 2 is 2.00 bits per heavy atom. The van der Waals surface area contributed by atoms with Gasteiger partial charge in [-0.15, -0.1) is 11.3 Å². The van der Waals surface area contributed by atoms with Crippen molar-refractivity contribution in [3.63, 3.8) is 0 Å². The van der Waals surface area contributed by atoms with Crippen molar-refractivity contribution in [2.24, 2.45) is 5.73 Å². The van der Waals surface area contributed by atoms with Crippen LogP contribution in [0.2, 0.25) is 0 Å². The van der Waals surface area contributed by atoms with Gasteiger partial charge in [0, 0.05) is 47.7 Å². The van der Waals surface area contributed by atoms with Gasteiger partial charge < -0.3 is 5.73 Å². The van der Waals surface area contributed by atoms with Gasteiger partial charge in [0.1, 0.15) is 0 Å². The molecule has 5 nitrogen and oxygen atoms in total. The van der Waals surface area contributed by atoms with Crippen molar-refractivity contribution >= 4 is 32.1 Å². The van der Waals surface area contributed by atoms with E-state index in [1.54, 1.807) is 41.9 Å². The fraction of sp³-hybridized carbons (Fsp3) is 0.235. The Morgan fingerprint density at radius 3 is 2.75 bits per heavy atom. The molecular formula is C17H19N3O2S2. The zero-order valence-electron chi connectivity index (χ0n) is 13.1. The Bertz CT molecular complexity index is 903. The van der Waals surface area contributed by atoms with Crippen molar-refractivity contribution in [1.29, 1.82) is 0 Å². The number of hydrogen-bond acceptors (Lipinski definition) is 5. The maximum Gasteiger partial charge on any atom is 0.243 e. The minimum Gasteiger partial charge on any atom is -0.329 e. The van der Waals surface area contributed by atoms with E-state index in [-0.39, 0.29) is 6.54 Å². The molecule has 2 heterocycles. The van der Waals surface area contributed by atoms with Crippen LogP contribution in [0.5, 0.6) is 0 Å². The summed E-state index contributed by atoms with van der Waals surface area (Å²) >= 11 is 1.63. The normalized spacial score (nSPS) is 12.1. The maximum atomic E-state index is 13.1. The smallest absolute Gasteiger partial charge is 0.243 e. The molecule has 3 rings (SSSR count). The third kappa shape index (κ3) is 3.49. The lowest BCUT2D eigenvalue weighted by molar-refractivity contribution is 0.423. The van der Waals surface area contributed by atoms with Crippen molar-refractivity contribution < 1.29 is 8.42 Å². The molecule has 0 spiro atoms. The van der Waals surface area contributed by atoms with Crippen molar-refractivity contribution in [3.8, 4) is 0 Å². The second-order valence-corrected chi connectivity index (χ2v) is 8.31. The zero-order valence-corrected chi connectivity index (χ0v) is 14.8. The summed E-state index contributed by atoms with van der Waals surface area (Å²) in [5.41, 5.74) is 5.65. The van der Waals surface area contributed by atoms with Crippen molar-refractivity contribution in [2.45, 2.75) is 11.3 Å². The number of pyridine rings is 1. The van der Waals surface area contributed by atoms with E-state index in [0.717, 1.165) is 10.3 Å². The number of sulfonamides is 1. The topological polar surface area (TPSA) is 76.3 Å². The van der Waals surface area contributed by atoms with Crippen LogP contribution in [0.4, 0.5) is 0 Å². The number of fused-ring (bicyclic) bond motifs is 1. The van der Waals surface area contributed by atoms with Gasteiger partial charge in [0.05, 0.1) is 4.90 Å². The Labute approximate surface area is 145 Å². The summed E-state index contributed by atoms with van der Waals surface area (Å²) in [6.07, 6.45) is 3.97. The number of hydrogen-bond donors (Lipinski definition) is 1. The Morgan fingerprint density at radius 1 is 1.12 bits per heavy atom. The van der Waals surface area contributed by atoms with E-state index >= 15 is 0 Å². The van der Waals surface area contributed by atoms with Gasteiger partial charge in [-0.2, -0.15) is 4.31 Å². The van der Waals surface area contributed by atoms with Gasteiger partial charge in [0.2, 0.25) is 10.0 Å². The first-order valence-electron chi connectivity index (χ1n) is 7.68. The van der Waals surface area contributed by atoms with E-state index in [9.17, 15) is 8.42 Å². The van der Waals surface area contributed by atoms with E-state index in [4.69, 9.17) is 5.73 Å². The molecule has 24 heavy (non-hydrogen) atoms. The van der Waals surface area contributed by atoms with Gasteiger partial charge in [-0.25, -0.2) is 8.42 Å². The monoisotopic (exact) mass is 361 g/mol. The predicted molar refractivity (Wildman–Crippen MR) is 97.6 cm³/mol. The van der Waals surface area contributed by atoms with Crippen molar-refractivity contribution in [3.05, 3.63) is 59.0 Å². The lowest BCUT2D eigenvalue weighted by Gasteiger charge is -2.22. The summed E-state index contributed by atoms with van der Waals surface area (Å²) in [5, 5.41) is 3.49. The van der Waals surface area contributed by atoms with Gasteiger partial charge in [0.15, 0.2) is 0 Å². The molecule has 0 aliphatic heterocycles. The molecular weight excluding hydrogens is 342 g/mol. The molecule has 0 radical (unpaired) electrons. The molecule has 0 amide bonds. The summed E-state index contributed by atoms with van der Waals surface area (Å²) in [5.74, 6) is 0. The highest BCUT2D eigenvalue weighted by Crippen LogP contribution is 2.25. The number of aromatic nitrogens is 1. The first kappa shape index (κ1) is 17.0. The van der Waals surface area contributed by atoms with Gasteiger partial charge in [-0.1, -0.05) is 18.2 Å². The molecule has 0 unspecified atom stereocenters. The van der Waals surface area contributed by atoms with Gasteiger partial charge in [-0.3, -0.25) is 4.98 Å². The van der Waals surface area contributed by atoms with Gasteiger partial charge in [-0.05, 0) is 30.0 Å². The average molecular weight is 361 g/mol. The fourth-order valence-corrected chi connectivity index (χ4v) is 5.01. The van der Waals surface area contributed by atoms with E-state index in [1.165, 1.54) is 4.31 Å². The molecule has 0 fully saturated rings. The minimum atomic E-state index is -3.61. The van der Waals surface area contributed by atoms with Crippen LogP contribution in [0.25, 0.3) is 10.8 Å². The first-order chi connectivity index (χ1) is 11.6. The molecule has 0 bridgehead atoms. The number of benzene rings is 1. The summed E-state index contributed by atoms with van der Waals surface area (Å²) < 4.78 is 27.8. The lowest BCUT2D eigenvalue weighted by atomic mass is 10.2. The van der Waals surface area contributed by atoms with Crippen molar-refractivity contribution in [1.82, 2.24) is 9.29 Å². The Kier molecular flexibility index (Phi) is 5.25. The predicted octanol–water partition coefficient (Wildman–Crippen LogP) is 2.49. The quantitative estimate of drug-likeness (QED) is 0.701. The molecule has 126 valence electrons. The molecule has 0 saturated carbocycles. The molecule has 0 saturated heterocycles. The average Bonchev–Trinajstić information content (AvgIpc) is 3.11. The molecule has 1 aromatic carbocycles. The molecule has 0 aliphatic carbocycles. The SMILES string of the molecule is NCCN(CCc1cccs1)S(=O)(=O)c1cccc2cnccc12. The molecule has 0 atom stereocenters. The number of nitrogens with zero attached hydrogens (tertiary/aromatic N) is 2. The van der Waals surface area contributed by atoms with Crippen LogP contribution < -0.4 is 5.73 Å². The van der Waals surface area contributed by atoms with E-state index in [1.807, 2.05) is 23.6 Å². The second-order valence-electron chi connectivity index (χ2n) is 5.38. The summed E-state index contributed by atoms with van der Waals surface area (Å²) in [4.78, 5) is 5.53. The summed E-state index contributed by atoms with van der Waals surface area (Å²) in [6, 6.07) is 11.0. The Balaban J connectivity index is 1.95. The Hall–Kier alpha value is -1.80. The molecule has 7 heteroatoms. The van der Waals surface area contributed by atoms with Crippen LogP contribution in [0.1, 0.15) is 4.88 Å². The van der Waals surface area contributed by atoms with Crippen LogP contribution in [0.3, 0.4) is 0 Å². The maximum absolute atomic E-state index is 13.1. The van der Waals surface area contributed by atoms with E-state index < -0.39 is 10.0 Å². The largest absolute Gasteiger partial charge is 0.329 e. The van der Waals surface area contributed by atoms with E-state index in [0.29, 0.717) is 29.8 Å². The third-order valence-electron chi connectivity index (χ3n) is 3.82. The summed E-state index contributed by atoms with van der Waals surface area (Å²) in [6.45, 7) is 1.01. The van der Waals surface area contributed by atoms with Crippen LogP contribution >= 0.6 is 11.3 Å². The third-order valence-corrected chi connectivity index (χ3v) is 6.72. The molecule has 0 aliphatic rings. The van der Waals surface area contributed by atoms with Crippen LogP contribution in [0, 0.1) is 0 Å². The molecule has 3 aromatic rings. The second kappa shape index (κ2) is 7.40. The highest BCUT2D eigenvalue weighted by Gasteiger charge is 2.25.